The molecule has 0 unspecified atom stereocenters. The third-order valence-corrected chi connectivity index (χ3v) is 4.47. The Kier molecular flexibility index (Phi) is 4.44. The molecule has 0 N–H and O–H groups in total. The lowest BCUT2D eigenvalue weighted by atomic mass is 10.0. The van der Waals surface area contributed by atoms with E-state index in [1.54, 1.807) is 0 Å². The molecule has 1 aromatic heterocycles. The molecule has 1 saturated heterocycles. The van der Waals surface area contributed by atoms with Crippen molar-refractivity contribution in [1.29, 1.82) is 0 Å². The first-order chi connectivity index (χ1) is 10.6. The van der Waals surface area contributed by atoms with E-state index in [1.165, 1.54) is 36.1 Å². The Balaban J connectivity index is 1.79. The second-order valence-corrected chi connectivity index (χ2v) is 6.42. The number of rotatable bonds is 4. The topological polar surface area (TPSA) is 19.4 Å². The molecule has 1 fully saturated rings. The first kappa shape index (κ1) is 15.0. The molecule has 3 rings (SSSR count). The normalized spacial score (nSPS) is 18.6. The summed E-state index contributed by atoms with van der Waals surface area (Å²) in [7, 11) is 4.10. The van der Waals surface area contributed by atoms with Crippen LogP contribution in [0.15, 0.2) is 42.6 Å². The first-order valence-corrected chi connectivity index (χ1v) is 8.07. The Morgan fingerprint density at radius 2 is 2.00 bits per heavy atom. The Labute approximate surface area is 133 Å². The van der Waals surface area contributed by atoms with E-state index in [0.29, 0.717) is 6.04 Å². The number of nitrogens with zero attached hydrogens (tertiary/aromatic N) is 3. The van der Waals surface area contributed by atoms with Gasteiger partial charge in [-0.25, -0.2) is 4.98 Å². The van der Waals surface area contributed by atoms with Crippen LogP contribution in [0.1, 0.15) is 35.6 Å². The summed E-state index contributed by atoms with van der Waals surface area (Å²) >= 11 is 0. The van der Waals surface area contributed by atoms with E-state index in [0.717, 1.165) is 12.4 Å². The van der Waals surface area contributed by atoms with Crippen molar-refractivity contribution in [3.63, 3.8) is 0 Å². The zero-order chi connectivity index (χ0) is 15.5. The molecule has 0 bridgehead atoms. The number of likely N-dealkylation sites (tertiary alicyclic amines) is 1. The number of pyridine rings is 1. The van der Waals surface area contributed by atoms with Gasteiger partial charge >= 0.3 is 0 Å². The van der Waals surface area contributed by atoms with Crippen molar-refractivity contribution >= 4 is 5.82 Å². The first-order valence-electron chi connectivity index (χ1n) is 8.07. The van der Waals surface area contributed by atoms with Crippen LogP contribution in [0.2, 0.25) is 0 Å². The minimum absolute atomic E-state index is 0.502. The molecular weight excluding hydrogens is 270 g/mol. The summed E-state index contributed by atoms with van der Waals surface area (Å²) in [6, 6.07) is 13.6. The molecule has 0 amide bonds. The predicted octanol–water partition coefficient (Wildman–Crippen LogP) is 3.79. The minimum Gasteiger partial charge on any atom is -0.363 e. The van der Waals surface area contributed by atoms with Gasteiger partial charge < -0.3 is 4.90 Å². The molecule has 0 aliphatic carbocycles. The summed E-state index contributed by atoms with van der Waals surface area (Å²) in [5, 5.41) is 0. The fourth-order valence-corrected chi connectivity index (χ4v) is 3.45. The molecule has 116 valence electrons. The standard InChI is InChI=1S/C19H25N3/c1-15-12-17(13-20-19(15)21(2)3)18-10-7-11-22(18)14-16-8-5-4-6-9-16/h4-6,8-9,12-13,18H,7,10-11,14H2,1-3H3/t18-/m0/s1. The maximum atomic E-state index is 4.66. The molecule has 0 spiro atoms. The molecule has 0 saturated carbocycles. The molecular formula is C19H25N3. The van der Waals surface area contributed by atoms with Gasteiger partial charge in [0.05, 0.1) is 0 Å². The summed E-state index contributed by atoms with van der Waals surface area (Å²) in [4.78, 5) is 9.33. The van der Waals surface area contributed by atoms with Crippen molar-refractivity contribution in [1.82, 2.24) is 9.88 Å². The number of hydrogen-bond donors (Lipinski definition) is 0. The fourth-order valence-electron chi connectivity index (χ4n) is 3.45. The van der Waals surface area contributed by atoms with Crippen LogP contribution >= 0.6 is 0 Å². The Morgan fingerprint density at radius 3 is 2.68 bits per heavy atom. The number of aryl methyl sites for hydroxylation is 1. The largest absolute Gasteiger partial charge is 0.363 e. The smallest absolute Gasteiger partial charge is 0.130 e. The molecule has 1 aliphatic heterocycles. The summed E-state index contributed by atoms with van der Waals surface area (Å²) in [5.41, 5.74) is 4.01. The van der Waals surface area contributed by atoms with Crippen molar-refractivity contribution in [2.75, 3.05) is 25.5 Å². The highest BCUT2D eigenvalue weighted by Crippen LogP contribution is 2.34. The maximum absolute atomic E-state index is 4.66. The van der Waals surface area contributed by atoms with Crippen molar-refractivity contribution in [2.45, 2.75) is 32.4 Å². The Morgan fingerprint density at radius 1 is 1.23 bits per heavy atom. The Hall–Kier alpha value is -1.87. The van der Waals surface area contributed by atoms with Crippen LogP contribution < -0.4 is 4.90 Å². The van der Waals surface area contributed by atoms with Gasteiger partial charge in [-0.05, 0) is 49.1 Å². The Bertz CT molecular complexity index is 622. The third kappa shape index (κ3) is 3.14. The van der Waals surface area contributed by atoms with Gasteiger partial charge in [-0.2, -0.15) is 0 Å². The van der Waals surface area contributed by atoms with Gasteiger partial charge in [-0.15, -0.1) is 0 Å². The van der Waals surface area contributed by atoms with Crippen molar-refractivity contribution in [2.24, 2.45) is 0 Å². The summed E-state index contributed by atoms with van der Waals surface area (Å²) in [6.45, 7) is 4.36. The van der Waals surface area contributed by atoms with Gasteiger partial charge in [0.15, 0.2) is 0 Å². The van der Waals surface area contributed by atoms with Crippen LogP contribution in [0.5, 0.6) is 0 Å². The number of hydrogen-bond acceptors (Lipinski definition) is 3. The zero-order valence-corrected chi connectivity index (χ0v) is 13.8. The van der Waals surface area contributed by atoms with Crippen LogP contribution in [0, 0.1) is 6.92 Å². The molecule has 2 aromatic rings. The predicted molar refractivity (Wildman–Crippen MR) is 92.1 cm³/mol. The SMILES string of the molecule is Cc1cc([C@@H]2CCCN2Cc2ccccc2)cnc1N(C)C. The quantitative estimate of drug-likeness (QED) is 0.855. The van der Waals surface area contributed by atoms with Crippen LogP contribution in [-0.2, 0) is 6.54 Å². The van der Waals surface area contributed by atoms with Gasteiger partial charge in [0.25, 0.3) is 0 Å². The van der Waals surface area contributed by atoms with Gasteiger partial charge in [-0.1, -0.05) is 30.3 Å². The lowest BCUT2D eigenvalue weighted by molar-refractivity contribution is 0.248. The van der Waals surface area contributed by atoms with Gasteiger partial charge in [0, 0.05) is 32.9 Å². The van der Waals surface area contributed by atoms with E-state index in [2.05, 4.69) is 64.3 Å². The van der Waals surface area contributed by atoms with Crippen LogP contribution in [-0.4, -0.2) is 30.5 Å². The minimum atomic E-state index is 0.502. The average molecular weight is 295 g/mol. The molecule has 0 radical (unpaired) electrons. The molecule has 3 nitrogen and oxygen atoms in total. The highest BCUT2D eigenvalue weighted by Gasteiger charge is 2.26. The van der Waals surface area contributed by atoms with Crippen LogP contribution in [0.3, 0.4) is 0 Å². The summed E-state index contributed by atoms with van der Waals surface area (Å²) < 4.78 is 0. The van der Waals surface area contributed by atoms with E-state index < -0.39 is 0 Å². The van der Waals surface area contributed by atoms with Gasteiger partial charge in [0.2, 0.25) is 0 Å². The summed E-state index contributed by atoms with van der Waals surface area (Å²) in [5.74, 6) is 1.07. The number of benzene rings is 1. The van der Waals surface area contributed by atoms with Gasteiger partial charge in [0.1, 0.15) is 5.82 Å². The monoisotopic (exact) mass is 295 g/mol. The number of anilines is 1. The van der Waals surface area contributed by atoms with Crippen LogP contribution in [0.25, 0.3) is 0 Å². The third-order valence-electron chi connectivity index (χ3n) is 4.47. The highest BCUT2D eigenvalue weighted by molar-refractivity contribution is 5.46. The molecule has 3 heteroatoms. The summed E-state index contributed by atoms with van der Waals surface area (Å²) in [6.07, 6.45) is 4.57. The molecule has 22 heavy (non-hydrogen) atoms. The molecule has 1 aromatic carbocycles. The second-order valence-electron chi connectivity index (χ2n) is 6.42. The van der Waals surface area contributed by atoms with Gasteiger partial charge in [-0.3, -0.25) is 4.90 Å². The molecule has 2 heterocycles. The van der Waals surface area contributed by atoms with E-state index in [-0.39, 0.29) is 0 Å². The zero-order valence-electron chi connectivity index (χ0n) is 13.8. The van der Waals surface area contributed by atoms with Crippen LogP contribution in [0.4, 0.5) is 5.82 Å². The lowest BCUT2D eigenvalue weighted by Gasteiger charge is -2.25. The molecule has 1 atom stereocenters. The number of aromatic nitrogens is 1. The fraction of sp³-hybridized carbons (Fsp3) is 0.421. The van der Waals surface area contributed by atoms with Crippen molar-refractivity contribution in [3.05, 3.63) is 59.3 Å². The lowest BCUT2D eigenvalue weighted by Crippen LogP contribution is -2.23. The maximum Gasteiger partial charge on any atom is 0.130 e. The van der Waals surface area contributed by atoms with E-state index in [1.807, 2.05) is 14.1 Å². The molecule has 1 aliphatic rings. The van der Waals surface area contributed by atoms with E-state index in [4.69, 9.17) is 0 Å². The van der Waals surface area contributed by atoms with Crippen molar-refractivity contribution in [3.8, 4) is 0 Å². The second kappa shape index (κ2) is 6.49. The average Bonchev–Trinajstić information content (AvgIpc) is 2.96. The van der Waals surface area contributed by atoms with E-state index >= 15 is 0 Å². The highest BCUT2D eigenvalue weighted by atomic mass is 15.2. The van der Waals surface area contributed by atoms with Crippen molar-refractivity contribution < 1.29 is 0 Å². The van der Waals surface area contributed by atoms with E-state index in [9.17, 15) is 0 Å².